The molecular formula is C18H18FN3O3. The second kappa shape index (κ2) is 7.74. The average molecular weight is 343 g/mol. The summed E-state index contributed by atoms with van der Waals surface area (Å²) >= 11 is 0. The first-order valence-corrected chi connectivity index (χ1v) is 8.04. The van der Waals surface area contributed by atoms with Crippen LogP contribution in [0.2, 0.25) is 0 Å². The van der Waals surface area contributed by atoms with E-state index in [-0.39, 0.29) is 12.4 Å². The molecule has 6 nitrogen and oxygen atoms in total. The highest BCUT2D eigenvalue weighted by Gasteiger charge is 2.35. The van der Waals surface area contributed by atoms with E-state index in [4.69, 9.17) is 4.74 Å². The van der Waals surface area contributed by atoms with Crippen molar-refractivity contribution in [2.24, 2.45) is 0 Å². The van der Waals surface area contributed by atoms with Crippen LogP contribution in [-0.2, 0) is 16.1 Å². The highest BCUT2D eigenvalue weighted by Crippen LogP contribution is 2.20. The minimum Gasteiger partial charge on any atom is -0.445 e. The largest absolute Gasteiger partial charge is 0.445 e. The van der Waals surface area contributed by atoms with E-state index in [0.717, 1.165) is 5.56 Å². The van der Waals surface area contributed by atoms with Crippen LogP contribution in [0.5, 0.6) is 0 Å². The van der Waals surface area contributed by atoms with Gasteiger partial charge in [-0.15, -0.1) is 0 Å². The molecule has 1 aliphatic heterocycles. The highest BCUT2D eigenvalue weighted by atomic mass is 19.1. The summed E-state index contributed by atoms with van der Waals surface area (Å²) in [5.41, 5.74) is 0.875. The summed E-state index contributed by atoms with van der Waals surface area (Å²) in [6.45, 7) is 0.595. The van der Waals surface area contributed by atoms with E-state index in [1.165, 1.54) is 23.1 Å². The van der Waals surface area contributed by atoms with Gasteiger partial charge < -0.3 is 10.1 Å². The monoisotopic (exact) mass is 343 g/mol. The lowest BCUT2D eigenvalue weighted by Crippen LogP contribution is -2.43. The Labute approximate surface area is 144 Å². The van der Waals surface area contributed by atoms with Crippen molar-refractivity contribution in [1.82, 2.24) is 9.88 Å². The number of hydrogen-bond donors (Lipinski definition) is 1. The minimum atomic E-state index is -0.677. The van der Waals surface area contributed by atoms with Gasteiger partial charge in [-0.25, -0.2) is 9.78 Å². The fourth-order valence-corrected chi connectivity index (χ4v) is 2.75. The highest BCUT2D eigenvalue weighted by molar-refractivity contribution is 5.96. The van der Waals surface area contributed by atoms with Crippen molar-refractivity contribution in [3.8, 4) is 0 Å². The van der Waals surface area contributed by atoms with Crippen LogP contribution < -0.4 is 5.32 Å². The molecular weight excluding hydrogens is 325 g/mol. The maximum Gasteiger partial charge on any atom is 0.410 e. The molecule has 1 fully saturated rings. The van der Waals surface area contributed by atoms with Crippen LogP contribution in [0, 0.1) is 5.95 Å². The second-order valence-corrected chi connectivity index (χ2v) is 5.73. The van der Waals surface area contributed by atoms with E-state index >= 15 is 0 Å². The molecule has 1 unspecified atom stereocenters. The van der Waals surface area contributed by atoms with Crippen molar-refractivity contribution in [1.29, 1.82) is 0 Å². The van der Waals surface area contributed by atoms with Gasteiger partial charge in [0.2, 0.25) is 11.9 Å². The van der Waals surface area contributed by atoms with E-state index in [0.29, 0.717) is 19.4 Å². The lowest BCUT2D eigenvalue weighted by atomic mass is 10.2. The Kier molecular flexibility index (Phi) is 5.23. The number of anilines is 1. The summed E-state index contributed by atoms with van der Waals surface area (Å²) in [4.78, 5) is 29.7. The number of aromatic nitrogens is 1. The van der Waals surface area contributed by atoms with E-state index in [1.807, 2.05) is 30.3 Å². The summed E-state index contributed by atoms with van der Waals surface area (Å²) in [5.74, 6) is -0.954. The van der Waals surface area contributed by atoms with Gasteiger partial charge in [-0.3, -0.25) is 9.69 Å². The molecule has 0 saturated carbocycles. The van der Waals surface area contributed by atoms with E-state index < -0.39 is 24.0 Å². The van der Waals surface area contributed by atoms with Crippen molar-refractivity contribution < 1.29 is 18.7 Å². The zero-order chi connectivity index (χ0) is 17.6. The van der Waals surface area contributed by atoms with Gasteiger partial charge in [-0.2, -0.15) is 4.39 Å². The molecule has 0 bridgehead atoms. The van der Waals surface area contributed by atoms with Crippen LogP contribution in [0.25, 0.3) is 0 Å². The maximum atomic E-state index is 13.1. The van der Waals surface area contributed by atoms with Gasteiger partial charge in [0.15, 0.2) is 0 Å². The van der Waals surface area contributed by atoms with Crippen molar-refractivity contribution in [2.45, 2.75) is 25.5 Å². The average Bonchev–Trinajstić information content (AvgIpc) is 3.10. The number of pyridine rings is 1. The molecule has 2 heterocycles. The summed E-state index contributed by atoms with van der Waals surface area (Å²) in [6.07, 6.45) is 0.699. The number of likely N-dealkylation sites (tertiary alicyclic amines) is 1. The minimum absolute atomic E-state index is 0.120. The summed E-state index contributed by atoms with van der Waals surface area (Å²) in [7, 11) is 0. The molecule has 0 spiro atoms. The summed E-state index contributed by atoms with van der Waals surface area (Å²) in [5, 5.41) is 2.54. The van der Waals surface area contributed by atoms with Gasteiger partial charge in [-0.1, -0.05) is 36.4 Å². The zero-order valence-electron chi connectivity index (χ0n) is 13.5. The maximum absolute atomic E-state index is 13.1. The number of carbonyl (C=O) groups is 2. The molecule has 0 aliphatic carbocycles. The predicted octanol–water partition coefficient (Wildman–Crippen LogP) is 2.96. The van der Waals surface area contributed by atoms with Crippen molar-refractivity contribution in [2.75, 3.05) is 11.9 Å². The van der Waals surface area contributed by atoms with Gasteiger partial charge in [0, 0.05) is 6.54 Å². The lowest BCUT2D eigenvalue weighted by molar-refractivity contribution is -0.120. The fourth-order valence-electron chi connectivity index (χ4n) is 2.75. The first-order chi connectivity index (χ1) is 12.1. The van der Waals surface area contributed by atoms with E-state index in [9.17, 15) is 14.0 Å². The molecule has 0 radical (unpaired) electrons. The SMILES string of the molecule is O=C(Nc1cccc(F)n1)C1CCCN1C(=O)OCc1ccccc1. The molecule has 1 aromatic carbocycles. The van der Waals surface area contributed by atoms with Crippen molar-refractivity contribution in [3.05, 3.63) is 60.0 Å². The molecule has 2 amide bonds. The van der Waals surface area contributed by atoms with Crippen LogP contribution in [0.1, 0.15) is 18.4 Å². The molecule has 3 rings (SSSR count). The fraction of sp³-hybridized carbons (Fsp3) is 0.278. The number of halogens is 1. The lowest BCUT2D eigenvalue weighted by Gasteiger charge is -2.23. The Bertz CT molecular complexity index is 754. The number of benzene rings is 1. The number of nitrogens with one attached hydrogen (secondary N) is 1. The number of nitrogens with zero attached hydrogens (tertiary/aromatic N) is 2. The van der Waals surface area contributed by atoms with Gasteiger partial charge in [-0.05, 0) is 30.5 Å². The van der Waals surface area contributed by atoms with Crippen LogP contribution in [-0.4, -0.2) is 34.5 Å². The molecule has 1 N–H and O–H groups in total. The zero-order valence-corrected chi connectivity index (χ0v) is 13.5. The van der Waals surface area contributed by atoms with Crippen LogP contribution in [0.4, 0.5) is 15.0 Å². The standard InChI is InChI=1S/C18H18FN3O3/c19-15-9-4-10-16(20-15)21-17(23)14-8-5-11-22(14)18(24)25-12-13-6-2-1-3-7-13/h1-4,6-7,9-10,14H,5,8,11-12H2,(H,20,21,23). The van der Waals surface area contributed by atoms with Gasteiger partial charge in [0.25, 0.3) is 0 Å². The molecule has 25 heavy (non-hydrogen) atoms. The first-order valence-electron chi connectivity index (χ1n) is 8.04. The Balaban J connectivity index is 1.59. The third-order valence-electron chi connectivity index (χ3n) is 3.96. The summed E-state index contributed by atoms with van der Waals surface area (Å²) < 4.78 is 18.4. The number of carbonyl (C=O) groups excluding carboxylic acids is 2. The van der Waals surface area contributed by atoms with Crippen LogP contribution in [0.3, 0.4) is 0 Å². The van der Waals surface area contributed by atoms with E-state index in [1.54, 1.807) is 0 Å². The number of rotatable bonds is 4. The topological polar surface area (TPSA) is 71.5 Å². The predicted molar refractivity (Wildman–Crippen MR) is 89.2 cm³/mol. The third kappa shape index (κ3) is 4.32. The van der Waals surface area contributed by atoms with Gasteiger partial charge >= 0.3 is 6.09 Å². The molecule has 7 heteroatoms. The molecule has 2 aromatic rings. The molecule has 1 aromatic heterocycles. The van der Waals surface area contributed by atoms with Crippen LogP contribution >= 0.6 is 0 Å². The van der Waals surface area contributed by atoms with Gasteiger partial charge in [0.05, 0.1) is 0 Å². The molecule has 1 aliphatic rings. The normalized spacial score (nSPS) is 16.5. The van der Waals surface area contributed by atoms with Gasteiger partial charge in [0.1, 0.15) is 18.5 Å². The first kappa shape index (κ1) is 16.9. The Morgan fingerprint density at radius 3 is 2.76 bits per heavy atom. The Morgan fingerprint density at radius 2 is 2.00 bits per heavy atom. The molecule has 1 atom stereocenters. The molecule has 130 valence electrons. The summed E-state index contributed by atoms with van der Waals surface area (Å²) in [6, 6.07) is 12.8. The number of hydrogen-bond acceptors (Lipinski definition) is 4. The van der Waals surface area contributed by atoms with E-state index in [2.05, 4.69) is 10.3 Å². The number of ether oxygens (including phenoxy) is 1. The van der Waals surface area contributed by atoms with Crippen LogP contribution in [0.15, 0.2) is 48.5 Å². The third-order valence-corrected chi connectivity index (χ3v) is 3.96. The van der Waals surface area contributed by atoms with Crippen molar-refractivity contribution in [3.63, 3.8) is 0 Å². The number of amides is 2. The second-order valence-electron chi connectivity index (χ2n) is 5.73. The Morgan fingerprint density at radius 1 is 1.20 bits per heavy atom. The smallest absolute Gasteiger partial charge is 0.410 e. The Hall–Kier alpha value is -2.96. The van der Waals surface area contributed by atoms with Crippen molar-refractivity contribution >= 4 is 17.8 Å². The quantitative estimate of drug-likeness (QED) is 0.867. The molecule has 1 saturated heterocycles.